The van der Waals surface area contributed by atoms with E-state index in [1.54, 1.807) is 34.5 Å². The fraction of sp³-hybridized carbons (Fsp3) is 0.0526. The Balaban J connectivity index is 1.48. The number of hydrogen-bond acceptors (Lipinski definition) is 6. The Labute approximate surface area is 158 Å². The van der Waals surface area contributed by atoms with Crippen LogP contribution in [0.5, 0.6) is 0 Å². The Morgan fingerprint density at radius 2 is 1.96 bits per heavy atom. The summed E-state index contributed by atoms with van der Waals surface area (Å²) in [5.74, 6) is -0.0734. The van der Waals surface area contributed by atoms with Gasteiger partial charge in [0, 0.05) is 17.8 Å². The van der Waals surface area contributed by atoms with Crippen molar-refractivity contribution >= 4 is 28.4 Å². The quantitative estimate of drug-likeness (QED) is 0.523. The molecule has 28 heavy (non-hydrogen) atoms. The molecule has 0 unspecified atom stereocenters. The Bertz CT molecular complexity index is 1340. The van der Waals surface area contributed by atoms with Gasteiger partial charge in [0.05, 0.1) is 16.9 Å². The third-order valence-electron chi connectivity index (χ3n) is 4.48. The molecule has 136 valence electrons. The molecule has 0 atom stereocenters. The van der Waals surface area contributed by atoms with Gasteiger partial charge in [0.25, 0.3) is 5.91 Å². The van der Waals surface area contributed by atoms with Crippen LogP contribution in [0.15, 0.2) is 60.9 Å². The first-order valence-electron chi connectivity index (χ1n) is 8.59. The van der Waals surface area contributed by atoms with Gasteiger partial charge in [-0.05, 0) is 43.3 Å². The number of pyridine rings is 2. The van der Waals surface area contributed by atoms with Crippen molar-refractivity contribution in [3.8, 4) is 5.69 Å². The van der Waals surface area contributed by atoms with E-state index >= 15 is 0 Å². The second kappa shape index (κ2) is 6.23. The summed E-state index contributed by atoms with van der Waals surface area (Å²) in [6, 6.07) is 15.1. The number of carbonyl (C=O) groups excluding carboxylic acids is 1. The first kappa shape index (κ1) is 16.1. The van der Waals surface area contributed by atoms with E-state index in [4.69, 9.17) is 0 Å². The second-order valence-electron chi connectivity index (χ2n) is 6.22. The number of nitrogens with one attached hydrogen (secondary N) is 1. The molecule has 0 bridgehead atoms. The highest BCUT2D eigenvalue weighted by Gasteiger charge is 2.19. The third-order valence-corrected chi connectivity index (χ3v) is 4.48. The van der Waals surface area contributed by atoms with Crippen molar-refractivity contribution in [2.24, 2.45) is 0 Å². The van der Waals surface area contributed by atoms with Gasteiger partial charge >= 0.3 is 0 Å². The third kappa shape index (κ3) is 2.57. The minimum absolute atomic E-state index is 0.221. The monoisotopic (exact) mass is 370 g/mol. The highest BCUT2D eigenvalue weighted by atomic mass is 16.2. The zero-order valence-corrected chi connectivity index (χ0v) is 14.8. The molecule has 0 saturated heterocycles. The molecule has 5 rings (SSSR count). The van der Waals surface area contributed by atoms with Crippen LogP contribution in [0.4, 0.5) is 5.95 Å². The molecule has 0 saturated carbocycles. The molecule has 0 aliphatic rings. The van der Waals surface area contributed by atoms with Crippen LogP contribution < -0.4 is 5.32 Å². The number of nitrogens with zero attached hydrogens (tertiary/aromatic N) is 7. The molecule has 0 aliphatic carbocycles. The van der Waals surface area contributed by atoms with E-state index in [1.807, 2.05) is 42.5 Å². The largest absolute Gasteiger partial charge is 0.289 e. The van der Waals surface area contributed by atoms with Crippen molar-refractivity contribution < 1.29 is 4.79 Å². The summed E-state index contributed by atoms with van der Waals surface area (Å²) < 4.78 is 3.32. The summed E-state index contributed by atoms with van der Waals surface area (Å²) in [5, 5.41) is 20.0. The van der Waals surface area contributed by atoms with Crippen molar-refractivity contribution in [1.29, 1.82) is 0 Å². The number of benzene rings is 1. The van der Waals surface area contributed by atoms with E-state index in [-0.39, 0.29) is 5.69 Å². The zero-order chi connectivity index (χ0) is 19.1. The molecule has 1 amide bonds. The maximum Gasteiger partial charge on any atom is 0.280 e. The van der Waals surface area contributed by atoms with Gasteiger partial charge in [-0.15, -0.1) is 15.3 Å². The van der Waals surface area contributed by atoms with Gasteiger partial charge in [-0.25, -0.2) is 4.68 Å². The van der Waals surface area contributed by atoms with E-state index in [9.17, 15) is 4.79 Å². The first-order valence-corrected chi connectivity index (χ1v) is 8.59. The van der Waals surface area contributed by atoms with Crippen molar-refractivity contribution in [2.75, 3.05) is 5.32 Å². The Kier molecular flexibility index (Phi) is 3.58. The molecule has 1 aromatic carbocycles. The lowest BCUT2D eigenvalue weighted by atomic mass is 10.2. The molecule has 0 radical (unpaired) electrons. The molecule has 4 heterocycles. The smallest absolute Gasteiger partial charge is 0.280 e. The van der Waals surface area contributed by atoms with Gasteiger partial charge in [-0.1, -0.05) is 17.3 Å². The molecule has 9 heteroatoms. The van der Waals surface area contributed by atoms with Gasteiger partial charge in [0.15, 0.2) is 11.3 Å². The number of amides is 1. The Morgan fingerprint density at radius 3 is 2.89 bits per heavy atom. The summed E-state index contributed by atoms with van der Waals surface area (Å²) in [6.07, 6.45) is 3.52. The SMILES string of the molecule is Cc1c(C(=O)Nc2nnc3ccccn23)nnn1-c1ccc2ncccc2c1. The van der Waals surface area contributed by atoms with Gasteiger partial charge < -0.3 is 0 Å². The highest BCUT2D eigenvalue weighted by Crippen LogP contribution is 2.19. The van der Waals surface area contributed by atoms with E-state index in [2.05, 4.69) is 30.8 Å². The average molecular weight is 370 g/mol. The van der Waals surface area contributed by atoms with E-state index < -0.39 is 5.91 Å². The summed E-state index contributed by atoms with van der Waals surface area (Å²) >= 11 is 0. The standard InChI is InChI=1S/C19H14N8O/c1-12-17(18(28)21-19-24-22-16-6-2-3-10-26(16)19)23-25-27(12)14-7-8-15-13(11-14)5-4-9-20-15/h2-11H,1H3,(H,21,24,28). The Hall–Kier alpha value is -4.14. The summed E-state index contributed by atoms with van der Waals surface area (Å²) in [5.41, 5.74) is 3.18. The minimum atomic E-state index is -0.399. The van der Waals surface area contributed by atoms with Crippen LogP contribution >= 0.6 is 0 Å². The molecule has 1 N–H and O–H groups in total. The van der Waals surface area contributed by atoms with Crippen LogP contribution in [0, 0.1) is 6.92 Å². The molecule has 9 nitrogen and oxygen atoms in total. The molecular weight excluding hydrogens is 356 g/mol. The van der Waals surface area contributed by atoms with E-state index in [0.29, 0.717) is 17.3 Å². The van der Waals surface area contributed by atoms with Crippen molar-refractivity contribution in [1.82, 2.24) is 34.6 Å². The lowest BCUT2D eigenvalue weighted by molar-refractivity contribution is 0.102. The van der Waals surface area contributed by atoms with Crippen molar-refractivity contribution in [3.05, 3.63) is 72.3 Å². The average Bonchev–Trinajstić information content (AvgIpc) is 3.31. The lowest BCUT2D eigenvalue weighted by Crippen LogP contribution is -2.16. The van der Waals surface area contributed by atoms with Crippen LogP contribution in [0.1, 0.15) is 16.2 Å². The van der Waals surface area contributed by atoms with Crippen LogP contribution in [0.3, 0.4) is 0 Å². The van der Waals surface area contributed by atoms with Crippen LogP contribution in [0.2, 0.25) is 0 Å². The van der Waals surface area contributed by atoms with E-state index in [0.717, 1.165) is 16.6 Å². The molecule has 4 aromatic heterocycles. The van der Waals surface area contributed by atoms with Crippen molar-refractivity contribution in [3.63, 3.8) is 0 Å². The molecule has 0 fully saturated rings. The highest BCUT2D eigenvalue weighted by molar-refractivity contribution is 6.02. The van der Waals surface area contributed by atoms with Gasteiger partial charge in [-0.3, -0.25) is 19.5 Å². The Morgan fingerprint density at radius 1 is 1.04 bits per heavy atom. The fourth-order valence-electron chi connectivity index (χ4n) is 3.07. The van der Waals surface area contributed by atoms with Crippen LogP contribution in [-0.4, -0.2) is 40.5 Å². The predicted octanol–water partition coefficient (Wildman–Crippen LogP) is 2.42. The second-order valence-corrected chi connectivity index (χ2v) is 6.22. The number of fused-ring (bicyclic) bond motifs is 2. The molecule has 0 spiro atoms. The van der Waals surface area contributed by atoms with Crippen LogP contribution in [0.25, 0.3) is 22.2 Å². The number of anilines is 1. The summed E-state index contributed by atoms with van der Waals surface area (Å²) in [7, 11) is 0. The van der Waals surface area contributed by atoms with Gasteiger partial charge in [0.1, 0.15) is 0 Å². The number of aromatic nitrogens is 7. The topological polar surface area (TPSA) is 103 Å². The lowest BCUT2D eigenvalue weighted by Gasteiger charge is -2.05. The molecule has 5 aromatic rings. The van der Waals surface area contributed by atoms with Crippen molar-refractivity contribution in [2.45, 2.75) is 6.92 Å². The molecule has 0 aliphatic heterocycles. The molecular formula is C19H14N8O. The first-order chi connectivity index (χ1) is 13.7. The van der Waals surface area contributed by atoms with Gasteiger partial charge in [-0.2, -0.15) is 0 Å². The normalized spacial score (nSPS) is 11.2. The number of carbonyl (C=O) groups is 1. The van der Waals surface area contributed by atoms with E-state index in [1.165, 1.54) is 0 Å². The van der Waals surface area contributed by atoms with Gasteiger partial charge in [0.2, 0.25) is 5.95 Å². The predicted molar refractivity (Wildman–Crippen MR) is 102 cm³/mol. The summed E-state index contributed by atoms with van der Waals surface area (Å²) in [6.45, 7) is 1.80. The maximum absolute atomic E-state index is 12.7. The van der Waals surface area contributed by atoms with Crippen LogP contribution in [-0.2, 0) is 0 Å². The number of hydrogen-bond donors (Lipinski definition) is 1. The summed E-state index contributed by atoms with van der Waals surface area (Å²) in [4.78, 5) is 17.0. The minimum Gasteiger partial charge on any atom is -0.289 e. The number of rotatable bonds is 3. The maximum atomic E-state index is 12.7. The zero-order valence-electron chi connectivity index (χ0n) is 14.8. The fourth-order valence-corrected chi connectivity index (χ4v) is 3.07.